The standard InChI is InChI=1S/C12H11BrClN3/c1-2-8-6-11(15)17-12(16-8)7-3-4-9(13)10(14)5-7/h3-6H,2H2,1H3,(H2,15,16,17). The van der Waals surface area contributed by atoms with E-state index in [1.54, 1.807) is 6.07 Å². The highest BCUT2D eigenvalue weighted by molar-refractivity contribution is 9.10. The van der Waals surface area contributed by atoms with Crippen molar-refractivity contribution in [1.82, 2.24) is 9.97 Å². The number of nitrogens with two attached hydrogens (primary N) is 1. The molecule has 2 rings (SSSR count). The first-order valence-electron chi connectivity index (χ1n) is 5.19. The second-order valence-corrected chi connectivity index (χ2v) is 4.85. The summed E-state index contributed by atoms with van der Waals surface area (Å²) >= 11 is 9.39. The van der Waals surface area contributed by atoms with Gasteiger partial charge >= 0.3 is 0 Å². The van der Waals surface area contributed by atoms with Crippen LogP contribution >= 0.6 is 27.5 Å². The van der Waals surface area contributed by atoms with Crippen molar-refractivity contribution in [3.8, 4) is 11.4 Å². The molecule has 0 amide bonds. The Labute approximate surface area is 113 Å². The minimum Gasteiger partial charge on any atom is -0.384 e. The van der Waals surface area contributed by atoms with Crippen LogP contribution in [-0.4, -0.2) is 9.97 Å². The van der Waals surface area contributed by atoms with Crippen LogP contribution in [0.2, 0.25) is 5.02 Å². The van der Waals surface area contributed by atoms with Gasteiger partial charge in [0.25, 0.3) is 0 Å². The SMILES string of the molecule is CCc1cc(N)nc(-c2ccc(Br)c(Cl)c2)n1. The van der Waals surface area contributed by atoms with Crippen LogP contribution in [0, 0.1) is 0 Å². The number of rotatable bonds is 2. The quantitative estimate of drug-likeness (QED) is 0.920. The van der Waals surface area contributed by atoms with Crippen molar-refractivity contribution in [1.29, 1.82) is 0 Å². The van der Waals surface area contributed by atoms with E-state index in [0.29, 0.717) is 16.7 Å². The van der Waals surface area contributed by atoms with Crippen molar-refractivity contribution >= 4 is 33.3 Å². The minimum atomic E-state index is 0.478. The van der Waals surface area contributed by atoms with E-state index in [2.05, 4.69) is 25.9 Å². The molecular weight excluding hydrogens is 302 g/mol. The van der Waals surface area contributed by atoms with E-state index in [4.69, 9.17) is 17.3 Å². The Bertz CT molecular complexity index is 557. The number of halogens is 2. The van der Waals surface area contributed by atoms with E-state index in [1.807, 2.05) is 25.1 Å². The maximum Gasteiger partial charge on any atom is 0.161 e. The van der Waals surface area contributed by atoms with E-state index in [9.17, 15) is 0 Å². The summed E-state index contributed by atoms with van der Waals surface area (Å²) in [5.74, 6) is 1.09. The lowest BCUT2D eigenvalue weighted by Crippen LogP contribution is -1.99. The van der Waals surface area contributed by atoms with Gasteiger partial charge < -0.3 is 5.73 Å². The number of nitrogens with zero attached hydrogens (tertiary/aromatic N) is 2. The molecule has 0 atom stereocenters. The number of hydrogen-bond donors (Lipinski definition) is 1. The van der Waals surface area contributed by atoms with Gasteiger partial charge in [0, 0.05) is 21.8 Å². The molecule has 0 aliphatic heterocycles. The van der Waals surface area contributed by atoms with Crippen molar-refractivity contribution in [2.75, 3.05) is 5.73 Å². The summed E-state index contributed by atoms with van der Waals surface area (Å²) in [6.45, 7) is 2.03. The summed E-state index contributed by atoms with van der Waals surface area (Å²) in [5.41, 5.74) is 7.53. The van der Waals surface area contributed by atoms with Gasteiger partial charge in [-0.15, -0.1) is 0 Å². The third-order valence-electron chi connectivity index (χ3n) is 2.34. The molecule has 3 nitrogen and oxygen atoms in total. The molecule has 1 heterocycles. The first kappa shape index (κ1) is 12.3. The predicted octanol–water partition coefficient (Wildman–Crippen LogP) is 3.70. The Balaban J connectivity index is 2.52. The van der Waals surface area contributed by atoms with Gasteiger partial charge in [0.2, 0.25) is 0 Å². The Morgan fingerprint density at radius 2 is 2.06 bits per heavy atom. The molecule has 17 heavy (non-hydrogen) atoms. The number of benzene rings is 1. The van der Waals surface area contributed by atoms with Crippen molar-refractivity contribution < 1.29 is 0 Å². The second-order valence-electron chi connectivity index (χ2n) is 3.59. The highest BCUT2D eigenvalue weighted by Crippen LogP contribution is 2.27. The Morgan fingerprint density at radius 3 is 2.71 bits per heavy atom. The van der Waals surface area contributed by atoms with Gasteiger partial charge in [-0.2, -0.15) is 0 Å². The zero-order valence-electron chi connectivity index (χ0n) is 9.24. The minimum absolute atomic E-state index is 0.478. The Kier molecular flexibility index (Phi) is 3.64. The van der Waals surface area contributed by atoms with Crippen LogP contribution < -0.4 is 5.73 Å². The van der Waals surface area contributed by atoms with Gasteiger partial charge in [-0.25, -0.2) is 9.97 Å². The molecule has 0 unspecified atom stereocenters. The normalized spacial score (nSPS) is 10.5. The molecule has 2 aromatic rings. The lowest BCUT2D eigenvalue weighted by molar-refractivity contribution is 1.01. The van der Waals surface area contributed by atoms with Crippen LogP contribution in [-0.2, 0) is 6.42 Å². The first-order valence-corrected chi connectivity index (χ1v) is 6.36. The summed E-state index contributed by atoms with van der Waals surface area (Å²) < 4.78 is 0.850. The predicted molar refractivity (Wildman–Crippen MR) is 74.0 cm³/mol. The zero-order valence-corrected chi connectivity index (χ0v) is 11.6. The third kappa shape index (κ3) is 2.76. The molecular formula is C12H11BrClN3. The lowest BCUT2D eigenvalue weighted by Gasteiger charge is -2.05. The van der Waals surface area contributed by atoms with Crippen LogP contribution in [0.4, 0.5) is 5.82 Å². The van der Waals surface area contributed by atoms with E-state index >= 15 is 0 Å². The maximum atomic E-state index is 6.04. The highest BCUT2D eigenvalue weighted by Gasteiger charge is 2.06. The average molecular weight is 313 g/mol. The largest absolute Gasteiger partial charge is 0.384 e. The molecule has 1 aromatic heterocycles. The molecule has 0 spiro atoms. The van der Waals surface area contributed by atoms with Crippen LogP contribution in [0.5, 0.6) is 0 Å². The van der Waals surface area contributed by atoms with E-state index in [1.165, 1.54) is 0 Å². The van der Waals surface area contributed by atoms with Crippen molar-refractivity contribution in [3.05, 3.63) is 39.5 Å². The van der Waals surface area contributed by atoms with Crippen molar-refractivity contribution in [2.45, 2.75) is 13.3 Å². The molecule has 1 aromatic carbocycles. The zero-order chi connectivity index (χ0) is 12.4. The molecule has 0 aliphatic rings. The molecule has 0 bridgehead atoms. The fourth-order valence-electron chi connectivity index (χ4n) is 1.46. The summed E-state index contributed by atoms with van der Waals surface area (Å²) in [6, 6.07) is 7.38. The van der Waals surface area contributed by atoms with E-state index in [0.717, 1.165) is 22.2 Å². The van der Waals surface area contributed by atoms with Gasteiger partial charge in [-0.3, -0.25) is 0 Å². The van der Waals surface area contributed by atoms with Gasteiger partial charge in [0.1, 0.15) is 5.82 Å². The fourth-order valence-corrected chi connectivity index (χ4v) is 1.89. The molecule has 2 N–H and O–H groups in total. The summed E-state index contributed by atoms with van der Waals surface area (Å²) in [5, 5.41) is 0.631. The highest BCUT2D eigenvalue weighted by atomic mass is 79.9. The lowest BCUT2D eigenvalue weighted by atomic mass is 10.2. The molecule has 0 aliphatic carbocycles. The van der Waals surface area contributed by atoms with Crippen molar-refractivity contribution in [3.63, 3.8) is 0 Å². The van der Waals surface area contributed by atoms with Gasteiger partial charge in [0.15, 0.2) is 5.82 Å². The third-order valence-corrected chi connectivity index (χ3v) is 3.57. The number of anilines is 1. The van der Waals surface area contributed by atoms with Gasteiger partial charge in [0.05, 0.1) is 5.02 Å². The average Bonchev–Trinajstić information content (AvgIpc) is 2.32. The number of aryl methyl sites for hydroxylation is 1. The fraction of sp³-hybridized carbons (Fsp3) is 0.167. The summed E-state index contributed by atoms with van der Waals surface area (Å²) in [7, 11) is 0. The molecule has 5 heteroatoms. The first-order chi connectivity index (χ1) is 8.10. The molecule has 0 radical (unpaired) electrons. The van der Waals surface area contributed by atoms with Crippen molar-refractivity contribution in [2.24, 2.45) is 0 Å². The van der Waals surface area contributed by atoms with Crippen LogP contribution in [0.25, 0.3) is 11.4 Å². The number of nitrogen functional groups attached to an aromatic ring is 1. The van der Waals surface area contributed by atoms with Crippen LogP contribution in [0.15, 0.2) is 28.7 Å². The molecule has 0 saturated heterocycles. The Morgan fingerprint density at radius 1 is 1.29 bits per heavy atom. The Hall–Kier alpha value is -1.13. The summed E-state index contributed by atoms with van der Waals surface area (Å²) in [4.78, 5) is 8.64. The van der Waals surface area contributed by atoms with E-state index < -0.39 is 0 Å². The maximum absolute atomic E-state index is 6.04. The van der Waals surface area contributed by atoms with Crippen LogP contribution in [0.1, 0.15) is 12.6 Å². The molecule has 0 fully saturated rings. The van der Waals surface area contributed by atoms with Gasteiger partial charge in [-0.05, 0) is 40.5 Å². The topological polar surface area (TPSA) is 51.8 Å². The van der Waals surface area contributed by atoms with Gasteiger partial charge in [-0.1, -0.05) is 18.5 Å². The number of aromatic nitrogens is 2. The summed E-state index contributed by atoms with van der Waals surface area (Å²) in [6.07, 6.45) is 0.823. The van der Waals surface area contributed by atoms with Crippen LogP contribution in [0.3, 0.4) is 0 Å². The molecule has 88 valence electrons. The molecule has 0 saturated carbocycles. The van der Waals surface area contributed by atoms with E-state index in [-0.39, 0.29) is 0 Å². The smallest absolute Gasteiger partial charge is 0.161 e. The monoisotopic (exact) mass is 311 g/mol. The number of hydrogen-bond acceptors (Lipinski definition) is 3. The second kappa shape index (κ2) is 5.02.